The summed E-state index contributed by atoms with van der Waals surface area (Å²) in [4.78, 5) is 44.9. The molecule has 0 aliphatic carbocycles. The fourth-order valence-electron chi connectivity index (χ4n) is 2.09. The second-order valence-electron chi connectivity index (χ2n) is 11.7. The fraction of sp³-hybridized carbons (Fsp3) is 0.600. The number of sulfonamides is 1. The van der Waals surface area contributed by atoms with Crippen LogP contribution in [-0.2, 0) is 38.7 Å². The number of primary amides is 1. The molecule has 0 saturated carbocycles. The molecule has 0 bridgehead atoms. The maximum atomic E-state index is 11.9. The van der Waals surface area contributed by atoms with Crippen LogP contribution in [0.4, 0.5) is 5.69 Å². The molecule has 12 heteroatoms. The first kappa shape index (κ1) is 40.9. The molecule has 240 valence electrons. The van der Waals surface area contributed by atoms with Crippen molar-refractivity contribution in [2.24, 2.45) is 27.1 Å². The first-order valence-electron chi connectivity index (χ1n) is 13.7. The SMILES string of the molecule is C=C(C)C(=O)OCCOC(=O)C(C)(C)CC.CCC(C)(C)C(=O)Nc1ccc(S(N)(=O)=O)cc1.CCC(C)(C)C(N)=O. The van der Waals surface area contributed by atoms with E-state index in [2.05, 4.69) is 11.9 Å². The van der Waals surface area contributed by atoms with Gasteiger partial charge < -0.3 is 20.5 Å². The second kappa shape index (κ2) is 17.6. The maximum absolute atomic E-state index is 11.9. The highest BCUT2D eigenvalue weighted by molar-refractivity contribution is 7.89. The third-order valence-electron chi connectivity index (χ3n) is 6.82. The third kappa shape index (κ3) is 15.7. The summed E-state index contributed by atoms with van der Waals surface area (Å²) in [5.74, 6) is -1.07. The van der Waals surface area contributed by atoms with Crippen molar-refractivity contribution in [3.8, 4) is 0 Å². The molecule has 0 spiro atoms. The Morgan fingerprint density at radius 3 is 1.57 bits per heavy atom. The van der Waals surface area contributed by atoms with Crippen molar-refractivity contribution in [2.75, 3.05) is 18.5 Å². The van der Waals surface area contributed by atoms with Crippen LogP contribution in [0.15, 0.2) is 41.3 Å². The summed E-state index contributed by atoms with van der Waals surface area (Å²) in [5, 5.41) is 7.72. The quantitative estimate of drug-likeness (QED) is 0.172. The van der Waals surface area contributed by atoms with E-state index < -0.39 is 26.8 Å². The van der Waals surface area contributed by atoms with Gasteiger partial charge in [0.2, 0.25) is 21.8 Å². The molecular weight excluding hydrogens is 562 g/mol. The van der Waals surface area contributed by atoms with Gasteiger partial charge in [0.05, 0.1) is 10.3 Å². The molecule has 0 fully saturated rings. The number of carbonyl (C=O) groups excluding carboxylic acids is 4. The van der Waals surface area contributed by atoms with Gasteiger partial charge in [-0.2, -0.15) is 0 Å². The first-order chi connectivity index (χ1) is 19.0. The van der Waals surface area contributed by atoms with Crippen LogP contribution in [-0.4, -0.2) is 45.4 Å². The first-order valence-corrected chi connectivity index (χ1v) is 15.3. The molecule has 1 rings (SSSR count). The normalized spacial score (nSPS) is 11.5. The van der Waals surface area contributed by atoms with E-state index in [0.717, 1.165) is 6.42 Å². The molecule has 0 aromatic heterocycles. The Bertz CT molecular complexity index is 1170. The summed E-state index contributed by atoms with van der Waals surface area (Å²) in [5.41, 5.74) is 4.66. The molecule has 0 heterocycles. The number of ether oxygens (including phenoxy) is 2. The Labute approximate surface area is 251 Å². The summed E-state index contributed by atoms with van der Waals surface area (Å²) in [6, 6.07) is 5.76. The van der Waals surface area contributed by atoms with Crippen LogP contribution < -0.4 is 16.2 Å². The van der Waals surface area contributed by atoms with Gasteiger partial charge in [-0.1, -0.05) is 55.0 Å². The number of hydrogen-bond donors (Lipinski definition) is 3. The lowest BCUT2D eigenvalue weighted by Gasteiger charge is -2.21. The Kier molecular flexibility index (Phi) is 17.2. The minimum Gasteiger partial charge on any atom is -0.462 e. The number of primary sulfonamides is 1. The molecule has 42 heavy (non-hydrogen) atoms. The van der Waals surface area contributed by atoms with E-state index in [4.69, 9.17) is 20.3 Å². The van der Waals surface area contributed by atoms with Crippen molar-refractivity contribution in [3.05, 3.63) is 36.4 Å². The van der Waals surface area contributed by atoms with Gasteiger partial charge >= 0.3 is 11.9 Å². The monoisotopic (exact) mass is 613 g/mol. The molecule has 2 amide bonds. The van der Waals surface area contributed by atoms with Gasteiger partial charge in [0.25, 0.3) is 0 Å². The lowest BCUT2D eigenvalue weighted by Crippen LogP contribution is -2.30. The number of benzene rings is 1. The summed E-state index contributed by atoms with van der Waals surface area (Å²) in [7, 11) is -3.69. The van der Waals surface area contributed by atoms with E-state index in [9.17, 15) is 27.6 Å². The fourth-order valence-corrected chi connectivity index (χ4v) is 2.61. The van der Waals surface area contributed by atoms with Crippen LogP contribution in [0.5, 0.6) is 0 Å². The summed E-state index contributed by atoms with van der Waals surface area (Å²) >= 11 is 0. The molecule has 11 nitrogen and oxygen atoms in total. The highest BCUT2D eigenvalue weighted by Crippen LogP contribution is 2.23. The van der Waals surface area contributed by atoms with E-state index >= 15 is 0 Å². The standard InChI is InChI=1S/C12H18N2O3S.C12H20O4.C6H13NO/c1-4-12(2,3)11(15)14-9-5-7-10(8-6-9)18(13,16)17;1-6-12(4,5)11(14)16-8-7-15-10(13)9(2)3;1-4-6(2,3)5(7)8/h5-8H,4H2,1-3H3,(H,14,15)(H2,13,16,17);2,6-8H2,1,3-5H3;4H2,1-3H3,(H2,7,8). The van der Waals surface area contributed by atoms with Crippen molar-refractivity contribution < 1.29 is 37.1 Å². The molecule has 0 radical (unpaired) electrons. The van der Waals surface area contributed by atoms with Gasteiger partial charge in [0, 0.05) is 22.1 Å². The molecular formula is C30H51N3O8S. The molecule has 0 aliphatic heterocycles. The Morgan fingerprint density at radius 2 is 1.24 bits per heavy atom. The van der Waals surface area contributed by atoms with Gasteiger partial charge in [-0.05, 0) is 64.3 Å². The van der Waals surface area contributed by atoms with Crippen molar-refractivity contribution in [1.29, 1.82) is 0 Å². The van der Waals surface area contributed by atoms with Crippen molar-refractivity contribution >= 4 is 39.5 Å². The minimum atomic E-state index is -3.69. The predicted octanol–water partition coefficient (Wildman–Crippen LogP) is 4.70. The zero-order valence-electron chi connectivity index (χ0n) is 26.9. The minimum absolute atomic E-state index is 0.0234. The topological polar surface area (TPSA) is 185 Å². The summed E-state index contributed by atoms with van der Waals surface area (Å²) in [6.45, 7) is 22.0. The van der Waals surface area contributed by atoms with E-state index in [1.807, 2.05) is 62.3 Å². The van der Waals surface area contributed by atoms with Gasteiger partial charge in [-0.15, -0.1) is 0 Å². The predicted molar refractivity (Wildman–Crippen MR) is 165 cm³/mol. The Hall–Kier alpha value is -3.25. The van der Waals surface area contributed by atoms with Crippen LogP contribution in [0.25, 0.3) is 0 Å². The van der Waals surface area contributed by atoms with Gasteiger partial charge in [0.1, 0.15) is 13.2 Å². The molecule has 1 aromatic carbocycles. The van der Waals surface area contributed by atoms with Crippen molar-refractivity contribution in [2.45, 2.75) is 93.4 Å². The summed E-state index contributed by atoms with van der Waals surface area (Å²) in [6.07, 6.45) is 2.23. The number of nitrogens with two attached hydrogens (primary N) is 2. The van der Waals surface area contributed by atoms with E-state index in [1.54, 1.807) is 6.92 Å². The number of esters is 2. The van der Waals surface area contributed by atoms with Gasteiger partial charge in [0.15, 0.2) is 0 Å². The van der Waals surface area contributed by atoms with Crippen LogP contribution in [0.3, 0.4) is 0 Å². The van der Waals surface area contributed by atoms with Gasteiger partial charge in [-0.25, -0.2) is 18.4 Å². The van der Waals surface area contributed by atoms with E-state index in [-0.39, 0.29) is 41.3 Å². The summed E-state index contributed by atoms with van der Waals surface area (Å²) < 4.78 is 31.9. The Balaban J connectivity index is 0. The number of anilines is 1. The number of carbonyl (C=O) groups is 4. The Morgan fingerprint density at radius 1 is 0.810 bits per heavy atom. The molecule has 0 aliphatic rings. The molecule has 0 saturated heterocycles. The van der Waals surface area contributed by atoms with Crippen LogP contribution >= 0.6 is 0 Å². The van der Waals surface area contributed by atoms with Crippen molar-refractivity contribution in [3.63, 3.8) is 0 Å². The maximum Gasteiger partial charge on any atom is 0.333 e. The van der Waals surface area contributed by atoms with Crippen LogP contribution in [0.1, 0.15) is 88.5 Å². The number of rotatable bonds is 12. The lowest BCUT2D eigenvalue weighted by atomic mass is 9.89. The number of amides is 2. The van der Waals surface area contributed by atoms with Crippen molar-refractivity contribution in [1.82, 2.24) is 0 Å². The van der Waals surface area contributed by atoms with Gasteiger partial charge in [-0.3, -0.25) is 14.4 Å². The number of nitrogens with one attached hydrogen (secondary N) is 1. The van der Waals surface area contributed by atoms with E-state index in [1.165, 1.54) is 24.3 Å². The molecule has 0 unspecified atom stereocenters. The van der Waals surface area contributed by atoms with E-state index in [0.29, 0.717) is 24.1 Å². The number of hydrogen-bond acceptors (Lipinski definition) is 8. The average Bonchev–Trinajstić information content (AvgIpc) is 2.90. The molecule has 0 atom stereocenters. The zero-order valence-corrected chi connectivity index (χ0v) is 27.7. The smallest absolute Gasteiger partial charge is 0.333 e. The van der Waals surface area contributed by atoms with Crippen LogP contribution in [0, 0.1) is 16.2 Å². The van der Waals surface area contributed by atoms with Crippen LogP contribution in [0.2, 0.25) is 0 Å². The highest BCUT2D eigenvalue weighted by Gasteiger charge is 2.27. The second-order valence-corrected chi connectivity index (χ2v) is 13.2. The average molecular weight is 614 g/mol. The largest absolute Gasteiger partial charge is 0.462 e. The molecule has 5 N–H and O–H groups in total. The highest BCUT2D eigenvalue weighted by atomic mass is 32.2. The molecule has 1 aromatic rings. The lowest BCUT2D eigenvalue weighted by molar-refractivity contribution is -0.158. The zero-order chi connectivity index (χ0) is 33.5. The third-order valence-corrected chi connectivity index (χ3v) is 7.75.